The number of ether oxygens (including phenoxy) is 2. The Kier molecular flexibility index (Phi) is 6.04. The first-order chi connectivity index (χ1) is 16.8. The lowest BCUT2D eigenvalue weighted by Gasteiger charge is -2.68. The van der Waals surface area contributed by atoms with Gasteiger partial charge in [-0.3, -0.25) is 9.59 Å². The molecule has 12 atom stereocenters. The minimum Gasteiger partial charge on any atom is -0.432 e. The van der Waals surface area contributed by atoms with Crippen LogP contribution in [0.25, 0.3) is 0 Å². The average molecular weight is 511 g/mol. The predicted molar refractivity (Wildman–Crippen MR) is 123 cm³/mol. The predicted octanol–water partition coefficient (Wildman–Crippen LogP) is -0.437. The number of allylic oxidation sites excluding steroid dienone is 1. The summed E-state index contributed by atoms with van der Waals surface area (Å²) in [6.07, 6.45) is -6.11. The highest BCUT2D eigenvalue weighted by Crippen LogP contribution is 2.72. The number of aliphatic hydroxyl groups excluding tert-OH is 5. The minimum absolute atomic E-state index is 0.00347. The fourth-order valence-electron chi connectivity index (χ4n) is 8.82. The summed E-state index contributed by atoms with van der Waals surface area (Å²) in [5, 5.41) is 63.9. The van der Waals surface area contributed by atoms with E-state index in [1.54, 1.807) is 6.92 Å². The van der Waals surface area contributed by atoms with Crippen LogP contribution < -0.4 is 0 Å². The summed E-state index contributed by atoms with van der Waals surface area (Å²) in [7, 11) is 0. The van der Waals surface area contributed by atoms with E-state index in [-0.39, 0.29) is 18.1 Å². The minimum atomic E-state index is -1.74. The first-order valence-corrected chi connectivity index (χ1v) is 12.9. The van der Waals surface area contributed by atoms with E-state index < -0.39 is 77.1 Å². The zero-order valence-corrected chi connectivity index (χ0v) is 20.8. The standard InChI is InChI=1S/C26H38O10/c1-12-13-5-8-26(34)24(3)7-4-6-23(2,19(24)14(28)10-25(26,9-13)20(12)32)22(33)36-21-18(31)17(30)16(29)15(11-27)35-21/h13-19,21,27-31,34H,1,4-11H2,2-3H3/t13-,14+,15-,16-,17+,18-,19-,21+,23-,24-,25-,26-/m1/s1. The average Bonchev–Trinajstić information content (AvgIpc) is 3.03. The molecule has 5 fully saturated rings. The number of aliphatic hydroxyl groups is 6. The van der Waals surface area contributed by atoms with Crippen molar-refractivity contribution in [3.8, 4) is 0 Å². The van der Waals surface area contributed by atoms with Gasteiger partial charge in [-0.2, -0.15) is 0 Å². The highest BCUT2D eigenvalue weighted by atomic mass is 16.7. The molecule has 0 aromatic rings. The molecule has 5 rings (SSSR count). The molecule has 36 heavy (non-hydrogen) atoms. The zero-order chi connectivity index (χ0) is 26.4. The van der Waals surface area contributed by atoms with Crippen LogP contribution in [0.15, 0.2) is 12.2 Å². The van der Waals surface area contributed by atoms with E-state index in [4.69, 9.17) is 9.47 Å². The molecular weight excluding hydrogens is 472 g/mol. The van der Waals surface area contributed by atoms with E-state index in [1.165, 1.54) is 0 Å². The molecule has 2 bridgehead atoms. The molecule has 1 saturated heterocycles. The lowest BCUT2D eigenvalue weighted by Crippen LogP contribution is -2.73. The van der Waals surface area contributed by atoms with Crippen molar-refractivity contribution in [3.63, 3.8) is 0 Å². The van der Waals surface area contributed by atoms with Crippen molar-refractivity contribution in [2.24, 2.45) is 28.1 Å². The second-order valence-electron chi connectivity index (χ2n) is 12.3. The number of hydrogen-bond acceptors (Lipinski definition) is 10. The Morgan fingerprint density at radius 1 is 1.08 bits per heavy atom. The van der Waals surface area contributed by atoms with Crippen LogP contribution in [0.5, 0.6) is 0 Å². The maximum Gasteiger partial charge on any atom is 0.314 e. The Balaban J connectivity index is 1.48. The van der Waals surface area contributed by atoms with E-state index in [0.717, 1.165) is 0 Å². The Morgan fingerprint density at radius 2 is 1.78 bits per heavy atom. The molecule has 5 aliphatic rings. The van der Waals surface area contributed by atoms with Crippen molar-refractivity contribution >= 4 is 11.8 Å². The van der Waals surface area contributed by atoms with Crippen molar-refractivity contribution in [3.05, 3.63) is 12.2 Å². The fourth-order valence-corrected chi connectivity index (χ4v) is 8.82. The van der Waals surface area contributed by atoms with Gasteiger partial charge >= 0.3 is 5.97 Å². The highest BCUT2D eigenvalue weighted by Gasteiger charge is 2.77. The number of rotatable bonds is 3. The van der Waals surface area contributed by atoms with Gasteiger partial charge < -0.3 is 40.1 Å². The van der Waals surface area contributed by atoms with Crippen LogP contribution in [0.4, 0.5) is 0 Å². The smallest absolute Gasteiger partial charge is 0.314 e. The van der Waals surface area contributed by atoms with Gasteiger partial charge in [-0.1, -0.05) is 19.9 Å². The first kappa shape index (κ1) is 26.2. The maximum absolute atomic E-state index is 13.7. The van der Waals surface area contributed by atoms with Crippen molar-refractivity contribution in [1.82, 2.24) is 0 Å². The molecule has 4 saturated carbocycles. The van der Waals surface area contributed by atoms with Crippen molar-refractivity contribution in [2.45, 2.75) is 101 Å². The van der Waals surface area contributed by atoms with Crippen LogP contribution in [0.1, 0.15) is 58.8 Å². The third-order valence-electron chi connectivity index (χ3n) is 10.7. The number of carbonyl (C=O) groups is 2. The fraction of sp³-hybridized carbons (Fsp3) is 0.846. The molecule has 1 aliphatic heterocycles. The second kappa shape index (κ2) is 8.30. The molecule has 0 amide bonds. The Morgan fingerprint density at radius 3 is 2.44 bits per heavy atom. The third kappa shape index (κ3) is 3.09. The van der Waals surface area contributed by atoms with Crippen molar-refractivity contribution < 1.29 is 49.7 Å². The normalized spacial score (nSPS) is 54.6. The van der Waals surface area contributed by atoms with E-state index in [0.29, 0.717) is 44.1 Å². The lowest BCUT2D eigenvalue weighted by molar-refractivity contribution is -0.306. The highest BCUT2D eigenvalue weighted by molar-refractivity contribution is 6.04. The van der Waals surface area contributed by atoms with Crippen LogP contribution in [-0.2, 0) is 19.1 Å². The number of Topliss-reactive ketones (excluding diaryl/α,β-unsaturated/α-hetero) is 1. The Labute approximate surface area is 209 Å². The summed E-state index contributed by atoms with van der Waals surface area (Å²) < 4.78 is 10.9. The molecule has 1 heterocycles. The third-order valence-corrected chi connectivity index (χ3v) is 10.7. The summed E-state index contributed by atoms with van der Waals surface area (Å²) in [4.78, 5) is 27.2. The molecule has 1 spiro atoms. The van der Waals surface area contributed by atoms with Crippen LogP contribution in [0.3, 0.4) is 0 Å². The lowest BCUT2D eigenvalue weighted by atomic mass is 9.38. The molecule has 10 heteroatoms. The topological polar surface area (TPSA) is 174 Å². The van der Waals surface area contributed by atoms with Gasteiger partial charge in [0.25, 0.3) is 0 Å². The maximum atomic E-state index is 13.7. The van der Waals surface area contributed by atoms with Crippen molar-refractivity contribution in [1.29, 1.82) is 0 Å². The molecule has 10 nitrogen and oxygen atoms in total. The molecule has 6 N–H and O–H groups in total. The van der Waals surface area contributed by atoms with E-state index in [1.807, 2.05) is 6.92 Å². The molecular formula is C26H38O10. The molecule has 4 aliphatic carbocycles. The molecule has 0 radical (unpaired) electrons. The number of ketones is 1. The van der Waals surface area contributed by atoms with Crippen LogP contribution in [0.2, 0.25) is 0 Å². The first-order valence-electron chi connectivity index (χ1n) is 12.9. The van der Waals surface area contributed by atoms with Gasteiger partial charge in [0.15, 0.2) is 5.78 Å². The Bertz CT molecular complexity index is 966. The zero-order valence-electron chi connectivity index (χ0n) is 20.8. The summed E-state index contributed by atoms with van der Waals surface area (Å²) in [6, 6.07) is 0. The largest absolute Gasteiger partial charge is 0.432 e. The van der Waals surface area contributed by atoms with Crippen LogP contribution in [-0.4, -0.2) is 91.4 Å². The van der Waals surface area contributed by atoms with Gasteiger partial charge in [0.2, 0.25) is 6.29 Å². The summed E-state index contributed by atoms with van der Waals surface area (Å²) >= 11 is 0. The van der Waals surface area contributed by atoms with Gasteiger partial charge in [0.05, 0.1) is 29.1 Å². The summed E-state index contributed by atoms with van der Waals surface area (Å²) in [6.45, 7) is 6.84. The van der Waals surface area contributed by atoms with Crippen molar-refractivity contribution in [2.75, 3.05) is 6.61 Å². The number of fused-ring (bicyclic) bond motifs is 3. The number of esters is 1. The van der Waals surface area contributed by atoms with E-state index in [2.05, 4.69) is 6.58 Å². The van der Waals surface area contributed by atoms with Crippen LogP contribution >= 0.6 is 0 Å². The number of hydrogen-bond donors (Lipinski definition) is 6. The van der Waals surface area contributed by atoms with Gasteiger partial charge in [-0.25, -0.2) is 0 Å². The molecule has 0 aromatic carbocycles. The van der Waals surface area contributed by atoms with E-state index >= 15 is 0 Å². The summed E-state index contributed by atoms with van der Waals surface area (Å²) in [5.74, 6) is -1.71. The van der Waals surface area contributed by atoms with Gasteiger partial charge in [0.1, 0.15) is 24.4 Å². The second-order valence-corrected chi connectivity index (χ2v) is 12.3. The monoisotopic (exact) mass is 510 g/mol. The molecule has 202 valence electrons. The van der Waals surface area contributed by atoms with Gasteiger partial charge in [-0.15, -0.1) is 0 Å². The SMILES string of the molecule is C=C1C(=O)[C@]23C[C@H]1CC[C@@]2(O)[C@]1(C)CCC[C@@](C)(C(=O)O[C@@H]2O[C@H](CO)[C@@H](O)[C@H](O)[C@H]2O)[C@H]1[C@@H](O)C3. The molecule has 0 unspecified atom stereocenters. The number of carbonyl (C=O) groups excluding carboxylic acids is 2. The molecule has 0 aromatic heterocycles. The van der Waals surface area contributed by atoms with E-state index in [9.17, 15) is 40.2 Å². The van der Waals surface area contributed by atoms with Gasteiger partial charge in [-0.05, 0) is 56.9 Å². The Hall–Kier alpha value is -1.40. The summed E-state index contributed by atoms with van der Waals surface area (Å²) in [5.41, 5.74) is -4.31. The van der Waals surface area contributed by atoms with Crippen LogP contribution in [0, 0.1) is 28.1 Å². The quantitative estimate of drug-likeness (QED) is 0.216. The van der Waals surface area contributed by atoms with Gasteiger partial charge in [0, 0.05) is 11.3 Å².